The molecular formula is C20H29N7O2S. The van der Waals surface area contributed by atoms with Crippen LogP contribution in [0.4, 0.5) is 17.8 Å². The van der Waals surface area contributed by atoms with Gasteiger partial charge in [-0.25, -0.2) is 8.42 Å². The first-order valence-corrected chi connectivity index (χ1v) is 12.1. The van der Waals surface area contributed by atoms with Crippen molar-refractivity contribution in [2.75, 3.05) is 41.4 Å². The van der Waals surface area contributed by atoms with Crippen LogP contribution in [0.25, 0.3) is 0 Å². The van der Waals surface area contributed by atoms with Crippen LogP contribution in [0.2, 0.25) is 0 Å². The summed E-state index contributed by atoms with van der Waals surface area (Å²) in [4.78, 5) is 20.6. The zero-order chi connectivity index (χ0) is 21.0. The molecular weight excluding hydrogens is 402 g/mol. The minimum Gasteiger partial charge on any atom is -0.341 e. The normalized spacial score (nSPS) is 17.8. The highest BCUT2D eigenvalue weighted by atomic mass is 32.2. The SMILES string of the molecule is Cc1ccc(S(=O)(=O)NNc2nc(N3CCCCC3)nc(N3CCCCC3)n2)cc1. The zero-order valence-corrected chi connectivity index (χ0v) is 18.2. The molecule has 9 nitrogen and oxygen atoms in total. The maximum Gasteiger partial charge on any atom is 0.257 e. The largest absolute Gasteiger partial charge is 0.341 e. The molecule has 0 saturated carbocycles. The third kappa shape index (κ3) is 4.99. The van der Waals surface area contributed by atoms with Gasteiger partial charge in [0.2, 0.25) is 17.8 Å². The van der Waals surface area contributed by atoms with Crippen LogP contribution < -0.4 is 20.1 Å². The van der Waals surface area contributed by atoms with E-state index in [9.17, 15) is 8.42 Å². The van der Waals surface area contributed by atoms with E-state index < -0.39 is 10.0 Å². The molecule has 162 valence electrons. The number of nitrogens with zero attached hydrogens (tertiary/aromatic N) is 5. The van der Waals surface area contributed by atoms with Crippen molar-refractivity contribution >= 4 is 27.9 Å². The van der Waals surface area contributed by atoms with E-state index in [0.29, 0.717) is 11.9 Å². The number of hydrogen-bond acceptors (Lipinski definition) is 8. The average molecular weight is 432 g/mol. The maximum absolute atomic E-state index is 12.6. The van der Waals surface area contributed by atoms with Crippen LogP contribution in [0.1, 0.15) is 44.1 Å². The Morgan fingerprint density at radius 3 is 1.77 bits per heavy atom. The predicted molar refractivity (Wildman–Crippen MR) is 117 cm³/mol. The zero-order valence-electron chi connectivity index (χ0n) is 17.3. The van der Waals surface area contributed by atoms with Gasteiger partial charge in [-0.15, -0.1) is 4.83 Å². The summed E-state index contributed by atoms with van der Waals surface area (Å²) in [5, 5.41) is 0. The van der Waals surface area contributed by atoms with E-state index in [1.807, 2.05) is 6.92 Å². The molecule has 1 aromatic heterocycles. The van der Waals surface area contributed by atoms with Crippen molar-refractivity contribution < 1.29 is 8.42 Å². The number of rotatable bonds is 6. The molecule has 0 atom stereocenters. The Morgan fingerprint density at radius 2 is 1.27 bits per heavy atom. The molecule has 2 aliphatic rings. The summed E-state index contributed by atoms with van der Waals surface area (Å²) in [5.41, 5.74) is 3.70. The predicted octanol–water partition coefficient (Wildman–Crippen LogP) is 2.47. The lowest BCUT2D eigenvalue weighted by Crippen LogP contribution is -2.36. The van der Waals surface area contributed by atoms with Gasteiger partial charge in [0.15, 0.2) is 0 Å². The third-order valence-corrected chi connectivity index (χ3v) is 6.78. The maximum atomic E-state index is 12.6. The molecule has 0 bridgehead atoms. The number of anilines is 3. The molecule has 2 saturated heterocycles. The Labute approximate surface area is 178 Å². The molecule has 10 heteroatoms. The summed E-state index contributed by atoms with van der Waals surface area (Å²) < 4.78 is 25.2. The summed E-state index contributed by atoms with van der Waals surface area (Å²) in [6.07, 6.45) is 6.84. The number of piperidine rings is 2. The minimum atomic E-state index is -3.74. The average Bonchev–Trinajstić information content (AvgIpc) is 2.79. The summed E-state index contributed by atoms with van der Waals surface area (Å²) in [7, 11) is -3.74. The van der Waals surface area contributed by atoms with Crippen LogP contribution in [0.3, 0.4) is 0 Å². The summed E-state index contributed by atoms with van der Waals surface area (Å²) in [6.45, 7) is 5.52. The van der Waals surface area contributed by atoms with E-state index in [2.05, 4.69) is 30.0 Å². The lowest BCUT2D eigenvalue weighted by Gasteiger charge is -2.30. The van der Waals surface area contributed by atoms with Crippen LogP contribution in [0.15, 0.2) is 29.2 Å². The van der Waals surface area contributed by atoms with E-state index >= 15 is 0 Å². The Hall–Kier alpha value is -2.46. The summed E-state index contributed by atoms with van der Waals surface area (Å²) in [5.74, 6) is 1.41. The number of aromatic nitrogens is 3. The molecule has 30 heavy (non-hydrogen) atoms. The van der Waals surface area contributed by atoms with Gasteiger partial charge < -0.3 is 9.80 Å². The fourth-order valence-electron chi connectivity index (χ4n) is 3.77. The van der Waals surface area contributed by atoms with Gasteiger partial charge in [-0.2, -0.15) is 15.0 Å². The van der Waals surface area contributed by atoms with Crippen molar-refractivity contribution in [2.45, 2.75) is 50.3 Å². The van der Waals surface area contributed by atoms with Crippen LogP contribution in [-0.2, 0) is 10.0 Å². The standard InChI is InChI=1S/C20H29N7O2S/c1-16-8-10-17(11-9-16)30(28,29)25-24-18-21-19(26-12-4-2-5-13-26)23-20(22-18)27-14-6-3-7-15-27/h8-11,25H,2-7,12-15H2,1H3,(H,21,22,23,24). The Kier molecular flexibility index (Phi) is 6.33. The first-order chi connectivity index (χ1) is 14.5. The molecule has 2 N–H and O–H groups in total. The molecule has 0 amide bonds. The quantitative estimate of drug-likeness (QED) is 0.673. The topological polar surface area (TPSA) is 103 Å². The molecule has 3 heterocycles. The fourth-order valence-corrected chi connectivity index (χ4v) is 4.61. The van der Waals surface area contributed by atoms with Crippen LogP contribution in [0.5, 0.6) is 0 Å². The van der Waals surface area contributed by atoms with Gasteiger partial charge in [0, 0.05) is 26.2 Å². The Bertz CT molecular complexity index is 917. The molecule has 0 aliphatic carbocycles. The van der Waals surface area contributed by atoms with Gasteiger partial charge in [-0.05, 0) is 57.6 Å². The number of sulfonamides is 1. The van der Waals surface area contributed by atoms with E-state index in [0.717, 1.165) is 57.4 Å². The highest BCUT2D eigenvalue weighted by Gasteiger charge is 2.21. The second-order valence-corrected chi connectivity index (χ2v) is 9.58. The second kappa shape index (κ2) is 9.13. The summed E-state index contributed by atoms with van der Waals surface area (Å²) in [6, 6.07) is 6.68. The third-order valence-electron chi connectivity index (χ3n) is 5.52. The van der Waals surface area contributed by atoms with Gasteiger partial charge in [0.05, 0.1) is 4.90 Å². The highest BCUT2D eigenvalue weighted by Crippen LogP contribution is 2.22. The lowest BCUT2D eigenvalue weighted by molar-refractivity contribution is 0.556. The number of aryl methyl sites for hydroxylation is 1. The van der Waals surface area contributed by atoms with Crippen molar-refractivity contribution in [1.29, 1.82) is 0 Å². The first kappa shape index (κ1) is 20.8. The van der Waals surface area contributed by atoms with Gasteiger partial charge >= 0.3 is 0 Å². The Balaban J connectivity index is 1.56. The highest BCUT2D eigenvalue weighted by molar-refractivity contribution is 7.89. The van der Waals surface area contributed by atoms with Crippen molar-refractivity contribution in [3.8, 4) is 0 Å². The van der Waals surface area contributed by atoms with Gasteiger partial charge in [-0.3, -0.25) is 5.43 Å². The van der Waals surface area contributed by atoms with Crippen LogP contribution in [0, 0.1) is 6.92 Å². The summed E-state index contributed by atoms with van der Waals surface area (Å²) >= 11 is 0. The lowest BCUT2D eigenvalue weighted by atomic mass is 10.1. The number of hydrazine groups is 1. The van der Waals surface area contributed by atoms with E-state index in [-0.39, 0.29) is 10.8 Å². The molecule has 0 spiro atoms. The minimum absolute atomic E-state index is 0.183. The molecule has 4 rings (SSSR count). The van der Waals surface area contributed by atoms with E-state index in [1.165, 1.54) is 12.8 Å². The Morgan fingerprint density at radius 1 is 0.767 bits per heavy atom. The van der Waals surface area contributed by atoms with Crippen molar-refractivity contribution in [2.24, 2.45) is 0 Å². The molecule has 2 fully saturated rings. The van der Waals surface area contributed by atoms with Gasteiger partial charge in [-0.1, -0.05) is 17.7 Å². The van der Waals surface area contributed by atoms with Crippen LogP contribution >= 0.6 is 0 Å². The van der Waals surface area contributed by atoms with Crippen molar-refractivity contribution in [3.63, 3.8) is 0 Å². The fraction of sp³-hybridized carbons (Fsp3) is 0.550. The van der Waals surface area contributed by atoms with Crippen molar-refractivity contribution in [3.05, 3.63) is 29.8 Å². The van der Waals surface area contributed by atoms with E-state index in [1.54, 1.807) is 24.3 Å². The monoisotopic (exact) mass is 431 g/mol. The van der Waals surface area contributed by atoms with E-state index in [4.69, 9.17) is 4.98 Å². The van der Waals surface area contributed by atoms with Crippen molar-refractivity contribution in [1.82, 2.24) is 19.8 Å². The number of benzene rings is 1. The molecule has 0 radical (unpaired) electrons. The second-order valence-electron chi connectivity index (χ2n) is 7.90. The molecule has 2 aromatic rings. The smallest absolute Gasteiger partial charge is 0.257 e. The number of hydrogen-bond donors (Lipinski definition) is 2. The van der Waals surface area contributed by atoms with Crippen LogP contribution in [-0.4, -0.2) is 49.5 Å². The first-order valence-electron chi connectivity index (χ1n) is 10.6. The van der Waals surface area contributed by atoms with Gasteiger partial charge in [0.1, 0.15) is 0 Å². The molecule has 1 aromatic carbocycles. The molecule has 0 unspecified atom stereocenters. The van der Waals surface area contributed by atoms with Gasteiger partial charge in [0.25, 0.3) is 10.0 Å². The number of nitrogens with one attached hydrogen (secondary N) is 2. The molecule has 2 aliphatic heterocycles.